The first-order valence-electron chi connectivity index (χ1n) is 13.2. The van der Waals surface area contributed by atoms with Crippen molar-refractivity contribution in [2.75, 3.05) is 24.3 Å². The van der Waals surface area contributed by atoms with Crippen LogP contribution >= 0.6 is 0 Å². The molecule has 0 unspecified atom stereocenters. The third-order valence-corrected chi connectivity index (χ3v) is 7.54. The van der Waals surface area contributed by atoms with Crippen LogP contribution in [0.1, 0.15) is 76.8 Å². The summed E-state index contributed by atoms with van der Waals surface area (Å²) in [6, 6.07) is 16.3. The van der Waals surface area contributed by atoms with Crippen molar-refractivity contribution in [3.8, 4) is 0 Å². The fraction of sp³-hybridized carbons (Fsp3) is 0.533. The van der Waals surface area contributed by atoms with Crippen LogP contribution in [-0.4, -0.2) is 36.9 Å². The van der Waals surface area contributed by atoms with Crippen LogP contribution in [0.3, 0.4) is 0 Å². The molecule has 0 bridgehead atoms. The number of nitrogens with zero attached hydrogens (tertiary/aromatic N) is 2. The minimum Gasteiger partial charge on any atom is -0.377 e. The second-order valence-corrected chi connectivity index (χ2v) is 10.5. The standard InChI is InChI=1S/C30H43N3O2/c1-7-27(23-13-9-8-10-14-23)30(35)33(22(4)21(2)3)20-25-19-26(17-18-28(25)32(5)6)31-29(34)24-15-11-12-16-24/h8-10,13-14,17-19,21-22,24,27H,7,11-12,15-16,20H2,1-6H3,(H,31,34)/t22-,27-/m1/s1. The molecular formula is C30H43N3O2. The van der Waals surface area contributed by atoms with E-state index in [1.54, 1.807) is 0 Å². The van der Waals surface area contributed by atoms with Gasteiger partial charge in [-0.3, -0.25) is 9.59 Å². The van der Waals surface area contributed by atoms with Crippen LogP contribution in [-0.2, 0) is 16.1 Å². The summed E-state index contributed by atoms with van der Waals surface area (Å²) in [5, 5.41) is 3.14. The normalized spacial score (nSPS) is 15.6. The van der Waals surface area contributed by atoms with Gasteiger partial charge < -0.3 is 15.1 Å². The Morgan fingerprint density at radius 1 is 1.00 bits per heavy atom. The van der Waals surface area contributed by atoms with Gasteiger partial charge in [-0.2, -0.15) is 0 Å². The van der Waals surface area contributed by atoms with E-state index < -0.39 is 0 Å². The van der Waals surface area contributed by atoms with E-state index in [1.165, 1.54) is 0 Å². The third-order valence-electron chi connectivity index (χ3n) is 7.54. The van der Waals surface area contributed by atoms with E-state index in [0.717, 1.165) is 54.6 Å². The summed E-state index contributed by atoms with van der Waals surface area (Å²) >= 11 is 0. The van der Waals surface area contributed by atoms with E-state index >= 15 is 0 Å². The van der Waals surface area contributed by atoms with Gasteiger partial charge in [0, 0.05) is 44.0 Å². The highest BCUT2D eigenvalue weighted by atomic mass is 16.2. The molecule has 2 amide bonds. The molecule has 1 aliphatic carbocycles. The highest BCUT2D eigenvalue weighted by Crippen LogP contribution is 2.31. The number of hydrogen-bond acceptors (Lipinski definition) is 3. The van der Waals surface area contributed by atoms with Crippen molar-refractivity contribution in [2.45, 2.75) is 78.3 Å². The Morgan fingerprint density at radius 3 is 2.23 bits per heavy atom. The molecule has 0 radical (unpaired) electrons. The van der Waals surface area contributed by atoms with E-state index in [2.05, 4.69) is 62.2 Å². The average Bonchev–Trinajstić information content (AvgIpc) is 3.38. The van der Waals surface area contributed by atoms with E-state index in [1.807, 2.05) is 43.3 Å². The predicted octanol–water partition coefficient (Wildman–Crippen LogP) is 6.45. The maximum absolute atomic E-state index is 14.0. The number of benzene rings is 2. The zero-order valence-electron chi connectivity index (χ0n) is 22.4. The number of hydrogen-bond donors (Lipinski definition) is 1. The number of carbonyl (C=O) groups is 2. The second kappa shape index (κ2) is 12.2. The zero-order chi connectivity index (χ0) is 25.5. The largest absolute Gasteiger partial charge is 0.377 e. The molecule has 3 rings (SSSR count). The van der Waals surface area contributed by atoms with Gasteiger partial charge >= 0.3 is 0 Å². The minimum absolute atomic E-state index is 0.0759. The molecule has 5 heteroatoms. The molecule has 35 heavy (non-hydrogen) atoms. The topological polar surface area (TPSA) is 52.7 Å². The molecule has 2 aromatic carbocycles. The molecule has 2 aromatic rings. The fourth-order valence-electron chi connectivity index (χ4n) is 5.06. The number of carbonyl (C=O) groups excluding carboxylic acids is 2. The quantitative estimate of drug-likeness (QED) is 0.428. The molecule has 0 saturated heterocycles. The highest BCUT2D eigenvalue weighted by Gasteiger charge is 2.30. The Labute approximate surface area is 211 Å². The number of nitrogens with one attached hydrogen (secondary N) is 1. The first kappa shape index (κ1) is 26.8. The SMILES string of the molecule is CC[C@@H](C(=O)N(Cc1cc(NC(=O)C2CCCC2)ccc1N(C)C)[C@H](C)C(C)C)c1ccccc1. The predicted molar refractivity (Wildman–Crippen MR) is 146 cm³/mol. The lowest BCUT2D eigenvalue weighted by Gasteiger charge is -2.36. The molecular weight excluding hydrogens is 434 g/mol. The smallest absolute Gasteiger partial charge is 0.230 e. The first-order valence-corrected chi connectivity index (χ1v) is 13.2. The van der Waals surface area contributed by atoms with Gasteiger partial charge in [-0.1, -0.05) is 63.9 Å². The maximum atomic E-state index is 14.0. The van der Waals surface area contributed by atoms with Crippen LogP contribution in [0.25, 0.3) is 0 Å². The van der Waals surface area contributed by atoms with Gasteiger partial charge in [0.15, 0.2) is 0 Å². The first-order chi connectivity index (χ1) is 16.7. The molecule has 0 aliphatic heterocycles. The van der Waals surface area contributed by atoms with Gasteiger partial charge in [0.2, 0.25) is 11.8 Å². The van der Waals surface area contributed by atoms with Crippen LogP contribution < -0.4 is 10.2 Å². The van der Waals surface area contributed by atoms with Gasteiger partial charge in [0.1, 0.15) is 0 Å². The summed E-state index contributed by atoms with van der Waals surface area (Å²) in [7, 11) is 4.04. The Morgan fingerprint density at radius 2 is 1.66 bits per heavy atom. The van der Waals surface area contributed by atoms with Gasteiger partial charge in [-0.25, -0.2) is 0 Å². The summed E-state index contributed by atoms with van der Waals surface area (Å²) in [5.74, 6) is 0.530. The van der Waals surface area contributed by atoms with Crippen LogP contribution in [0.15, 0.2) is 48.5 Å². The Hall–Kier alpha value is -2.82. The molecule has 1 fully saturated rings. The van der Waals surface area contributed by atoms with Crippen molar-refractivity contribution in [3.63, 3.8) is 0 Å². The molecule has 0 spiro atoms. The Balaban J connectivity index is 1.93. The van der Waals surface area contributed by atoms with Crippen LogP contribution in [0.4, 0.5) is 11.4 Å². The Bertz CT molecular complexity index is 980. The van der Waals surface area contributed by atoms with Crippen molar-refractivity contribution < 1.29 is 9.59 Å². The van der Waals surface area contributed by atoms with E-state index in [-0.39, 0.29) is 29.7 Å². The van der Waals surface area contributed by atoms with E-state index in [4.69, 9.17) is 0 Å². The summed E-state index contributed by atoms with van der Waals surface area (Å²) < 4.78 is 0. The third kappa shape index (κ3) is 6.65. The van der Waals surface area contributed by atoms with Crippen molar-refractivity contribution in [1.29, 1.82) is 0 Å². The minimum atomic E-state index is -0.176. The van der Waals surface area contributed by atoms with Crippen molar-refractivity contribution >= 4 is 23.2 Å². The summed E-state index contributed by atoms with van der Waals surface area (Å²) in [5.41, 5.74) is 3.97. The molecule has 2 atom stereocenters. The average molecular weight is 478 g/mol. The molecule has 5 nitrogen and oxygen atoms in total. The summed E-state index contributed by atoms with van der Waals surface area (Å²) in [6.45, 7) is 9.06. The van der Waals surface area contributed by atoms with Crippen molar-refractivity contribution in [3.05, 3.63) is 59.7 Å². The second-order valence-electron chi connectivity index (χ2n) is 10.5. The molecule has 0 aromatic heterocycles. The lowest BCUT2D eigenvalue weighted by atomic mass is 9.92. The van der Waals surface area contributed by atoms with Crippen LogP contribution in [0.5, 0.6) is 0 Å². The van der Waals surface area contributed by atoms with Gasteiger partial charge in [0.05, 0.1) is 5.92 Å². The lowest BCUT2D eigenvalue weighted by Crippen LogP contribution is -2.43. The number of amides is 2. The Kier molecular flexibility index (Phi) is 9.36. The molecule has 1 N–H and O–H groups in total. The summed E-state index contributed by atoms with van der Waals surface area (Å²) in [6.07, 6.45) is 4.96. The fourth-order valence-corrected chi connectivity index (χ4v) is 5.06. The monoisotopic (exact) mass is 477 g/mol. The lowest BCUT2D eigenvalue weighted by molar-refractivity contribution is -0.136. The van der Waals surface area contributed by atoms with Crippen LogP contribution in [0, 0.1) is 11.8 Å². The van der Waals surface area contributed by atoms with Crippen molar-refractivity contribution in [2.24, 2.45) is 11.8 Å². The molecule has 190 valence electrons. The van der Waals surface area contributed by atoms with E-state index in [9.17, 15) is 9.59 Å². The molecule has 0 heterocycles. The number of anilines is 2. The summed E-state index contributed by atoms with van der Waals surface area (Å²) in [4.78, 5) is 30.9. The number of rotatable bonds is 10. The van der Waals surface area contributed by atoms with Crippen molar-refractivity contribution in [1.82, 2.24) is 4.90 Å². The van der Waals surface area contributed by atoms with Crippen LogP contribution in [0.2, 0.25) is 0 Å². The van der Waals surface area contributed by atoms with Gasteiger partial charge in [-0.05, 0) is 61.4 Å². The van der Waals surface area contributed by atoms with Gasteiger partial charge in [0.25, 0.3) is 0 Å². The zero-order valence-corrected chi connectivity index (χ0v) is 22.4. The molecule has 1 saturated carbocycles. The van der Waals surface area contributed by atoms with Gasteiger partial charge in [-0.15, -0.1) is 0 Å². The highest BCUT2D eigenvalue weighted by molar-refractivity contribution is 5.93. The van der Waals surface area contributed by atoms with E-state index in [0.29, 0.717) is 12.5 Å². The molecule has 1 aliphatic rings. The maximum Gasteiger partial charge on any atom is 0.230 e.